The van der Waals surface area contributed by atoms with Crippen LogP contribution in [0.3, 0.4) is 0 Å². The fourth-order valence-corrected chi connectivity index (χ4v) is 1.92. The summed E-state index contributed by atoms with van der Waals surface area (Å²) in [7, 11) is 3.35. The number of benzene rings is 1. The molecular formula is C15H26IN3O2. The van der Waals surface area contributed by atoms with Crippen molar-refractivity contribution in [1.29, 1.82) is 0 Å². The quantitative estimate of drug-likeness (QED) is 0.413. The van der Waals surface area contributed by atoms with Crippen LogP contribution < -0.4 is 15.8 Å². The lowest BCUT2D eigenvalue weighted by atomic mass is 10.1. The highest BCUT2D eigenvalue weighted by molar-refractivity contribution is 14.0. The monoisotopic (exact) mass is 407 g/mol. The van der Waals surface area contributed by atoms with Gasteiger partial charge in [-0.05, 0) is 37.5 Å². The van der Waals surface area contributed by atoms with Crippen molar-refractivity contribution >= 4 is 29.9 Å². The standard InChI is InChI=1S/C15H25N3O2.HI/c1-11-5-6-13(9-14(11)20-4)7-8-17-15(16)18-12(2)10-19-3;/h5-6,9,12H,7-8,10H2,1-4H3,(H3,16,17,18);1H. The molecule has 0 aromatic heterocycles. The van der Waals surface area contributed by atoms with Crippen LogP contribution in [-0.2, 0) is 11.2 Å². The van der Waals surface area contributed by atoms with Gasteiger partial charge >= 0.3 is 0 Å². The van der Waals surface area contributed by atoms with Gasteiger partial charge in [0.15, 0.2) is 5.96 Å². The molecule has 1 atom stereocenters. The Hall–Kier alpha value is -1.02. The smallest absolute Gasteiger partial charge is 0.188 e. The summed E-state index contributed by atoms with van der Waals surface area (Å²) >= 11 is 0. The highest BCUT2D eigenvalue weighted by Gasteiger charge is 2.02. The van der Waals surface area contributed by atoms with Gasteiger partial charge in [0, 0.05) is 19.7 Å². The molecule has 0 radical (unpaired) electrons. The molecule has 0 saturated carbocycles. The summed E-state index contributed by atoms with van der Waals surface area (Å²) in [6.07, 6.45) is 0.831. The largest absolute Gasteiger partial charge is 0.496 e. The van der Waals surface area contributed by atoms with Gasteiger partial charge in [-0.2, -0.15) is 0 Å². The lowest BCUT2D eigenvalue weighted by Gasteiger charge is -2.13. The van der Waals surface area contributed by atoms with E-state index in [0.29, 0.717) is 19.1 Å². The van der Waals surface area contributed by atoms with E-state index in [1.54, 1.807) is 14.2 Å². The third kappa shape index (κ3) is 7.52. The number of aryl methyl sites for hydroxylation is 1. The number of aliphatic imine (C=N–C) groups is 1. The number of hydrogen-bond donors (Lipinski definition) is 2. The van der Waals surface area contributed by atoms with Crippen molar-refractivity contribution in [2.75, 3.05) is 27.4 Å². The van der Waals surface area contributed by atoms with E-state index in [9.17, 15) is 0 Å². The highest BCUT2D eigenvalue weighted by atomic mass is 127. The first-order valence-corrected chi connectivity index (χ1v) is 6.75. The third-order valence-electron chi connectivity index (χ3n) is 2.97. The van der Waals surface area contributed by atoms with Crippen molar-refractivity contribution in [2.45, 2.75) is 26.3 Å². The predicted octanol–water partition coefficient (Wildman–Crippen LogP) is 2.10. The Morgan fingerprint density at radius 3 is 2.71 bits per heavy atom. The minimum Gasteiger partial charge on any atom is -0.496 e. The maximum atomic E-state index is 5.81. The summed E-state index contributed by atoms with van der Waals surface area (Å²) in [6.45, 7) is 5.27. The van der Waals surface area contributed by atoms with E-state index in [1.807, 2.05) is 19.9 Å². The predicted molar refractivity (Wildman–Crippen MR) is 97.8 cm³/mol. The van der Waals surface area contributed by atoms with Gasteiger partial charge in [0.2, 0.25) is 0 Å². The molecule has 0 bridgehead atoms. The Kier molecular flexibility index (Phi) is 10.2. The molecule has 0 saturated heterocycles. The van der Waals surface area contributed by atoms with Crippen molar-refractivity contribution in [3.05, 3.63) is 29.3 Å². The molecule has 0 aliphatic heterocycles. The van der Waals surface area contributed by atoms with E-state index in [-0.39, 0.29) is 30.0 Å². The molecule has 0 amide bonds. The zero-order chi connectivity index (χ0) is 15.0. The van der Waals surface area contributed by atoms with Gasteiger partial charge < -0.3 is 20.5 Å². The van der Waals surface area contributed by atoms with Crippen LogP contribution in [0.4, 0.5) is 0 Å². The highest BCUT2D eigenvalue weighted by Crippen LogP contribution is 2.19. The minimum atomic E-state index is 0. The second-order valence-electron chi connectivity index (χ2n) is 4.82. The number of hydrogen-bond acceptors (Lipinski definition) is 3. The lowest BCUT2D eigenvalue weighted by molar-refractivity contribution is 0.179. The van der Waals surface area contributed by atoms with Gasteiger partial charge in [-0.1, -0.05) is 12.1 Å². The Labute approximate surface area is 144 Å². The number of nitrogens with two attached hydrogens (primary N) is 1. The lowest BCUT2D eigenvalue weighted by Crippen LogP contribution is -2.40. The van der Waals surface area contributed by atoms with Crippen LogP contribution >= 0.6 is 24.0 Å². The Balaban J connectivity index is 0.00000400. The number of ether oxygens (including phenoxy) is 2. The second-order valence-corrected chi connectivity index (χ2v) is 4.82. The first-order chi connectivity index (χ1) is 9.56. The molecule has 0 aliphatic rings. The summed E-state index contributed by atoms with van der Waals surface area (Å²) in [6, 6.07) is 6.34. The van der Waals surface area contributed by atoms with Gasteiger partial charge in [-0.25, -0.2) is 0 Å². The topological polar surface area (TPSA) is 68.9 Å². The van der Waals surface area contributed by atoms with Crippen LogP contribution in [0.25, 0.3) is 0 Å². The van der Waals surface area contributed by atoms with E-state index < -0.39 is 0 Å². The first-order valence-electron chi connectivity index (χ1n) is 6.75. The summed E-state index contributed by atoms with van der Waals surface area (Å²) < 4.78 is 10.3. The molecule has 1 aromatic carbocycles. The van der Waals surface area contributed by atoms with Crippen LogP contribution in [0.2, 0.25) is 0 Å². The van der Waals surface area contributed by atoms with E-state index >= 15 is 0 Å². The van der Waals surface area contributed by atoms with E-state index in [2.05, 4.69) is 22.4 Å². The summed E-state index contributed by atoms with van der Waals surface area (Å²) in [4.78, 5) is 4.31. The van der Waals surface area contributed by atoms with Gasteiger partial charge in [-0.3, -0.25) is 4.99 Å². The number of nitrogens with one attached hydrogen (secondary N) is 1. The van der Waals surface area contributed by atoms with Gasteiger partial charge in [0.05, 0.1) is 13.7 Å². The Morgan fingerprint density at radius 1 is 1.38 bits per heavy atom. The average Bonchev–Trinajstić information content (AvgIpc) is 2.40. The summed E-state index contributed by atoms with van der Waals surface area (Å²) in [5.41, 5.74) is 8.13. The maximum Gasteiger partial charge on any atom is 0.188 e. The molecular weight excluding hydrogens is 381 g/mol. The Morgan fingerprint density at radius 2 is 2.10 bits per heavy atom. The summed E-state index contributed by atoms with van der Waals surface area (Å²) in [5.74, 6) is 1.36. The Bertz CT molecular complexity index is 453. The minimum absolute atomic E-state index is 0. The normalized spacial score (nSPS) is 12.5. The van der Waals surface area contributed by atoms with Crippen LogP contribution in [0.15, 0.2) is 23.2 Å². The molecule has 1 rings (SSSR count). The molecule has 5 nitrogen and oxygen atoms in total. The average molecular weight is 407 g/mol. The molecule has 6 heteroatoms. The zero-order valence-corrected chi connectivity index (χ0v) is 15.5. The van der Waals surface area contributed by atoms with Crippen LogP contribution in [0.1, 0.15) is 18.1 Å². The SMILES string of the molecule is COCC(C)NC(N)=NCCc1ccc(C)c(OC)c1.I. The molecule has 1 aromatic rings. The fraction of sp³-hybridized carbons (Fsp3) is 0.533. The van der Waals surface area contributed by atoms with Gasteiger partial charge in [0.1, 0.15) is 5.75 Å². The van der Waals surface area contributed by atoms with Gasteiger partial charge in [-0.15, -0.1) is 24.0 Å². The van der Waals surface area contributed by atoms with Crippen molar-refractivity contribution in [3.63, 3.8) is 0 Å². The molecule has 0 heterocycles. The van der Waals surface area contributed by atoms with Crippen molar-refractivity contribution in [2.24, 2.45) is 10.7 Å². The van der Waals surface area contributed by atoms with Crippen molar-refractivity contribution in [3.8, 4) is 5.75 Å². The number of guanidine groups is 1. The second kappa shape index (κ2) is 10.7. The molecule has 1 unspecified atom stereocenters. The van der Waals surface area contributed by atoms with Gasteiger partial charge in [0.25, 0.3) is 0 Å². The number of nitrogens with zero attached hydrogens (tertiary/aromatic N) is 1. The third-order valence-corrected chi connectivity index (χ3v) is 2.97. The molecule has 3 N–H and O–H groups in total. The van der Waals surface area contributed by atoms with Crippen LogP contribution in [0, 0.1) is 6.92 Å². The van der Waals surface area contributed by atoms with Crippen molar-refractivity contribution in [1.82, 2.24) is 5.32 Å². The first kappa shape index (κ1) is 20.0. The summed E-state index contributed by atoms with van der Waals surface area (Å²) in [5, 5.41) is 3.08. The van der Waals surface area contributed by atoms with Crippen LogP contribution in [-0.4, -0.2) is 39.4 Å². The molecule has 0 aliphatic carbocycles. The number of halogens is 1. The van der Waals surface area contributed by atoms with E-state index in [0.717, 1.165) is 17.7 Å². The van der Waals surface area contributed by atoms with E-state index in [1.165, 1.54) is 5.56 Å². The van der Waals surface area contributed by atoms with E-state index in [4.69, 9.17) is 15.2 Å². The fourth-order valence-electron chi connectivity index (χ4n) is 1.92. The molecule has 21 heavy (non-hydrogen) atoms. The molecule has 0 spiro atoms. The van der Waals surface area contributed by atoms with Crippen molar-refractivity contribution < 1.29 is 9.47 Å². The number of rotatable bonds is 7. The zero-order valence-electron chi connectivity index (χ0n) is 13.2. The van der Waals surface area contributed by atoms with Crippen LogP contribution in [0.5, 0.6) is 5.75 Å². The number of methoxy groups -OCH3 is 2. The molecule has 120 valence electrons. The molecule has 0 fully saturated rings. The maximum absolute atomic E-state index is 5.81.